The second-order valence-corrected chi connectivity index (χ2v) is 6.42. The van der Waals surface area contributed by atoms with Crippen LogP contribution in [0.15, 0.2) is 42.5 Å². The van der Waals surface area contributed by atoms with Gasteiger partial charge in [-0.1, -0.05) is 12.1 Å². The van der Waals surface area contributed by atoms with Crippen LogP contribution in [-0.4, -0.2) is 23.0 Å². The monoisotopic (exact) mass is 384 g/mol. The van der Waals surface area contributed by atoms with Gasteiger partial charge in [0.25, 0.3) is 11.6 Å². The molecular formula is C19H20N4O5. The van der Waals surface area contributed by atoms with Crippen molar-refractivity contribution in [1.29, 1.82) is 0 Å². The summed E-state index contributed by atoms with van der Waals surface area (Å²) in [5.74, 6) is 0.0686. The van der Waals surface area contributed by atoms with E-state index in [1.807, 2.05) is 18.2 Å². The first-order valence-electron chi connectivity index (χ1n) is 8.82. The molecule has 2 aromatic carbocycles. The summed E-state index contributed by atoms with van der Waals surface area (Å²) in [6, 6.07) is 10.5. The van der Waals surface area contributed by atoms with Crippen LogP contribution in [0.4, 0.5) is 16.2 Å². The van der Waals surface area contributed by atoms with Crippen LogP contribution in [0.3, 0.4) is 0 Å². The lowest BCUT2D eigenvalue weighted by molar-refractivity contribution is -0.384. The first kappa shape index (κ1) is 19.2. The first-order valence-corrected chi connectivity index (χ1v) is 8.82. The minimum atomic E-state index is -0.822. The lowest BCUT2D eigenvalue weighted by atomic mass is 10.1. The van der Waals surface area contributed by atoms with E-state index in [2.05, 4.69) is 16.2 Å². The second-order valence-electron chi connectivity index (χ2n) is 6.42. The molecule has 0 unspecified atom stereocenters. The molecule has 9 nitrogen and oxygen atoms in total. The Morgan fingerprint density at radius 2 is 1.89 bits per heavy atom. The van der Waals surface area contributed by atoms with Gasteiger partial charge in [-0.05, 0) is 55.5 Å². The molecular weight excluding hydrogens is 364 g/mol. The van der Waals surface area contributed by atoms with Gasteiger partial charge < -0.3 is 10.1 Å². The van der Waals surface area contributed by atoms with Crippen LogP contribution in [0.2, 0.25) is 0 Å². The van der Waals surface area contributed by atoms with Crippen LogP contribution in [0.25, 0.3) is 0 Å². The fourth-order valence-corrected chi connectivity index (χ4v) is 2.96. The number of hydrazine groups is 1. The van der Waals surface area contributed by atoms with Crippen molar-refractivity contribution in [3.63, 3.8) is 0 Å². The number of benzene rings is 2. The molecule has 0 radical (unpaired) electrons. The standard InChI is InChI=1S/C19H20N4O5/c1-12(28-17-9-8-13-4-2-5-14(13)10-17)18(24)21-22-19(25)20-15-6-3-7-16(11-15)23(26)27/h3,6-12H,2,4-5H2,1H3,(H,21,24)(H2,20,22,25)/t12-/m0/s1. The second kappa shape index (κ2) is 8.38. The Hall–Kier alpha value is -3.62. The van der Waals surface area contributed by atoms with E-state index in [1.54, 1.807) is 6.92 Å². The van der Waals surface area contributed by atoms with Crippen molar-refractivity contribution in [2.24, 2.45) is 0 Å². The molecule has 1 aliphatic carbocycles. The van der Waals surface area contributed by atoms with E-state index < -0.39 is 23.0 Å². The number of fused-ring (bicyclic) bond motifs is 1. The molecule has 0 saturated heterocycles. The van der Waals surface area contributed by atoms with Crippen molar-refractivity contribution >= 4 is 23.3 Å². The summed E-state index contributed by atoms with van der Waals surface area (Å²) in [6.45, 7) is 1.57. The molecule has 0 fully saturated rings. The van der Waals surface area contributed by atoms with Crippen LogP contribution in [0.5, 0.6) is 5.75 Å². The Morgan fingerprint density at radius 3 is 2.68 bits per heavy atom. The highest BCUT2D eigenvalue weighted by Gasteiger charge is 2.17. The quantitative estimate of drug-likeness (QED) is 0.540. The molecule has 0 aliphatic heterocycles. The zero-order valence-corrected chi connectivity index (χ0v) is 15.2. The summed E-state index contributed by atoms with van der Waals surface area (Å²) >= 11 is 0. The number of aryl methyl sites for hydroxylation is 2. The van der Waals surface area contributed by atoms with E-state index >= 15 is 0 Å². The van der Waals surface area contributed by atoms with E-state index in [1.165, 1.54) is 35.4 Å². The molecule has 9 heteroatoms. The molecule has 0 aromatic heterocycles. The first-order chi connectivity index (χ1) is 13.4. The third kappa shape index (κ3) is 4.76. The molecule has 28 heavy (non-hydrogen) atoms. The molecule has 1 atom stereocenters. The third-order valence-corrected chi connectivity index (χ3v) is 4.37. The normalized spacial score (nSPS) is 13.2. The average Bonchev–Trinajstić information content (AvgIpc) is 3.14. The van der Waals surface area contributed by atoms with Crippen LogP contribution in [0.1, 0.15) is 24.5 Å². The highest BCUT2D eigenvalue weighted by Crippen LogP contribution is 2.26. The maximum Gasteiger partial charge on any atom is 0.337 e. The van der Waals surface area contributed by atoms with Crippen LogP contribution < -0.4 is 20.9 Å². The summed E-state index contributed by atoms with van der Waals surface area (Å²) in [5.41, 5.74) is 7.06. The number of nitro benzene ring substituents is 1. The van der Waals surface area contributed by atoms with Gasteiger partial charge in [0.1, 0.15) is 5.75 Å². The molecule has 3 amide bonds. The van der Waals surface area contributed by atoms with Gasteiger partial charge in [-0.2, -0.15) is 0 Å². The van der Waals surface area contributed by atoms with Gasteiger partial charge in [0.2, 0.25) is 0 Å². The van der Waals surface area contributed by atoms with Gasteiger partial charge in [0.05, 0.1) is 4.92 Å². The highest BCUT2D eigenvalue weighted by atomic mass is 16.6. The molecule has 0 bridgehead atoms. The number of anilines is 1. The number of hydrogen-bond acceptors (Lipinski definition) is 5. The van der Waals surface area contributed by atoms with Crippen molar-refractivity contribution in [2.75, 3.05) is 5.32 Å². The van der Waals surface area contributed by atoms with Crippen molar-refractivity contribution in [3.8, 4) is 5.75 Å². The number of nitrogens with zero attached hydrogens (tertiary/aromatic N) is 1. The lowest BCUT2D eigenvalue weighted by Crippen LogP contribution is -2.48. The number of nitrogens with one attached hydrogen (secondary N) is 3. The summed E-state index contributed by atoms with van der Waals surface area (Å²) in [4.78, 5) is 34.2. The van der Waals surface area contributed by atoms with E-state index in [0.29, 0.717) is 5.75 Å². The van der Waals surface area contributed by atoms with Crippen molar-refractivity contribution in [1.82, 2.24) is 10.9 Å². The number of nitro groups is 1. The number of amides is 3. The number of ether oxygens (including phenoxy) is 1. The van der Waals surface area contributed by atoms with Crippen molar-refractivity contribution in [2.45, 2.75) is 32.3 Å². The average molecular weight is 384 g/mol. The highest BCUT2D eigenvalue weighted by molar-refractivity contribution is 5.91. The molecule has 0 spiro atoms. The number of non-ortho nitro benzene ring substituents is 1. The van der Waals surface area contributed by atoms with E-state index in [-0.39, 0.29) is 11.4 Å². The SMILES string of the molecule is C[C@H](Oc1ccc2c(c1)CCC2)C(=O)NNC(=O)Nc1cccc([N+](=O)[O-])c1. The summed E-state index contributed by atoms with van der Waals surface area (Å²) in [6.07, 6.45) is 2.37. The number of rotatable bonds is 5. The summed E-state index contributed by atoms with van der Waals surface area (Å²) < 4.78 is 5.64. The van der Waals surface area contributed by atoms with Crippen molar-refractivity contribution in [3.05, 3.63) is 63.7 Å². The third-order valence-electron chi connectivity index (χ3n) is 4.37. The maximum atomic E-state index is 12.1. The zero-order valence-electron chi connectivity index (χ0n) is 15.2. The zero-order chi connectivity index (χ0) is 20.1. The van der Waals surface area contributed by atoms with E-state index in [4.69, 9.17) is 4.74 Å². The Morgan fingerprint density at radius 1 is 1.11 bits per heavy atom. The van der Waals surface area contributed by atoms with Gasteiger partial charge in [0.15, 0.2) is 6.10 Å². The predicted molar refractivity (Wildman–Crippen MR) is 102 cm³/mol. The number of carbonyl (C=O) groups excluding carboxylic acids is 2. The molecule has 2 aromatic rings. The fraction of sp³-hybridized carbons (Fsp3) is 0.263. The Balaban J connectivity index is 1.48. The minimum absolute atomic E-state index is 0.154. The predicted octanol–water partition coefficient (Wildman–Crippen LogP) is 2.70. The molecule has 3 rings (SSSR count). The van der Waals surface area contributed by atoms with E-state index in [9.17, 15) is 19.7 Å². The molecule has 146 valence electrons. The molecule has 0 saturated carbocycles. The largest absolute Gasteiger partial charge is 0.481 e. The van der Waals surface area contributed by atoms with Gasteiger partial charge in [0, 0.05) is 17.8 Å². The van der Waals surface area contributed by atoms with Crippen LogP contribution in [-0.2, 0) is 17.6 Å². The minimum Gasteiger partial charge on any atom is -0.481 e. The summed E-state index contributed by atoms with van der Waals surface area (Å²) in [5, 5.41) is 13.1. The van der Waals surface area contributed by atoms with Gasteiger partial charge >= 0.3 is 6.03 Å². The Kier molecular flexibility index (Phi) is 5.73. The molecule has 1 aliphatic rings. The fourth-order valence-electron chi connectivity index (χ4n) is 2.96. The van der Waals surface area contributed by atoms with Gasteiger partial charge in [-0.15, -0.1) is 0 Å². The number of urea groups is 1. The molecule has 3 N–H and O–H groups in total. The number of carbonyl (C=O) groups is 2. The topological polar surface area (TPSA) is 123 Å². The number of hydrogen-bond donors (Lipinski definition) is 3. The lowest BCUT2D eigenvalue weighted by Gasteiger charge is -2.16. The summed E-state index contributed by atoms with van der Waals surface area (Å²) in [7, 11) is 0. The Bertz CT molecular complexity index is 915. The van der Waals surface area contributed by atoms with Gasteiger partial charge in [-0.25, -0.2) is 10.2 Å². The smallest absolute Gasteiger partial charge is 0.337 e. The Labute approximate surface area is 161 Å². The van der Waals surface area contributed by atoms with Crippen LogP contribution in [0, 0.1) is 10.1 Å². The molecule has 0 heterocycles. The van der Waals surface area contributed by atoms with E-state index in [0.717, 1.165) is 19.3 Å². The maximum absolute atomic E-state index is 12.1. The van der Waals surface area contributed by atoms with Crippen LogP contribution >= 0.6 is 0 Å². The van der Waals surface area contributed by atoms with Crippen molar-refractivity contribution < 1.29 is 19.2 Å². The van der Waals surface area contributed by atoms with Gasteiger partial charge in [-0.3, -0.25) is 20.3 Å².